The van der Waals surface area contributed by atoms with Gasteiger partial charge in [0.1, 0.15) is 6.04 Å². The molecule has 0 bridgehead atoms. The first-order valence-corrected chi connectivity index (χ1v) is 7.36. The standard InChI is InChI=1S/C14H28N2O2/c1-4-9-15-13(14(17)18-6-3)11-16-10-7-8-12(16)5-2/h12-13,15H,4-11H2,1-3H3. The number of nitrogens with zero attached hydrogens (tertiary/aromatic N) is 1. The van der Waals surface area contributed by atoms with Gasteiger partial charge in [-0.2, -0.15) is 0 Å². The van der Waals surface area contributed by atoms with Crippen LogP contribution < -0.4 is 5.32 Å². The fourth-order valence-corrected chi connectivity index (χ4v) is 2.62. The lowest BCUT2D eigenvalue weighted by Crippen LogP contribution is -2.48. The molecule has 0 aromatic heterocycles. The summed E-state index contributed by atoms with van der Waals surface area (Å²) in [5, 5.41) is 3.31. The highest BCUT2D eigenvalue weighted by molar-refractivity contribution is 5.76. The van der Waals surface area contributed by atoms with Crippen LogP contribution in [0.1, 0.15) is 46.5 Å². The molecule has 0 radical (unpaired) electrons. The van der Waals surface area contributed by atoms with Crippen LogP contribution in [-0.2, 0) is 9.53 Å². The second-order valence-corrected chi connectivity index (χ2v) is 4.96. The number of nitrogens with one attached hydrogen (secondary N) is 1. The van der Waals surface area contributed by atoms with Crippen LogP contribution in [0, 0.1) is 0 Å². The van der Waals surface area contributed by atoms with Crippen LogP contribution in [0.25, 0.3) is 0 Å². The molecule has 0 spiro atoms. The normalized spacial score (nSPS) is 22.1. The van der Waals surface area contributed by atoms with Crippen LogP contribution in [0.4, 0.5) is 0 Å². The summed E-state index contributed by atoms with van der Waals surface area (Å²) in [7, 11) is 0. The number of esters is 1. The zero-order valence-electron chi connectivity index (χ0n) is 12.1. The molecule has 1 heterocycles. The summed E-state index contributed by atoms with van der Waals surface area (Å²) in [4.78, 5) is 14.4. The van der Waals surface area contributed by atoms with Gasteiger partial charge in [0.05, 0.1) is 6.61 Å². The molecule has 1 fully saturated rings. The van der Waals surface area contributed by atoms with Gasteiger partial charge in [0.2, 0.25) is 0 Å². The average molecular weight is 256 g/mol. The highest BCUT2D eigenvalue weighted by Gasteiger charge is 2.28. The molecule has 106 valence electrons. The average Bonchev–Trinajstić information content (AvgIpc) is 2.81. The van der Waals surface area contributed by atoms with E-state index in [1.807, 2.05) is 6.92 Å². The fourth-order valence-electron chi connectivity index (χ4n) is 2.62. The second-order valence-electron chi connectivity index (χ2n) is 4.96. The van der Waals surface area contributed by atoms with Crippen molar-refractivity contribution < 1.29 is 9.53 Å². The van der Waals surface area contributed by atoms with Crippen molar-refractivity contribution in [2.24, 2.45) is 0 Å². The van der Waals surface area contributed by atoms with Crippen molar-refractivity contribution in [3.63, 3.8) is 0 Å². The third-order valence-electron chi connectivity index (χ3n) is 3.60. The maximum absolute atomic E-state index is 11.9. The molecule has 1 N–H and O–H groups in total. The molecule has 0 aromatic carbocycles. The zero-order valence-corrected chi connectivity index (χ0v) is 12.1. The molecule has 18 heavy (non-hydrogen) atoms. The van der Waals surface area contributed by atoms with Crippen molar-refractivity contribution in [1.82, 2.24) is 10.2 Å². The smallest absolute Gasteiger partial charge is 0.324 e. The lowest BCUT2D eigenvalue weighted by molar-refractivity contribution is -0.146. The van der Waals surface area contributed by atoms with Crippen molar-refractivity contribution in [3.8, 4) is 0 Å². The van der Waals surface area contributed by atoms with Gasteiger partial charge in [0.25, 0.3) is 0 Å². The minimum Gasteiger partial charge on any atom is -0.465 e. The Morgan fingerprint density at radius 2 is 2.22 bits per heavy atom. The van der Waals surface area contributed by atoms with E-state index in [4.69, 9.17) is 4.74 Å². The number of hydrogen-bond donors (Lipinski definition) is 1. The Kier molecular flexibility index (Phi) is 7.28. The van der Waals surface area contributed by atoms with Gasteiger partial charge in [-0.3, -0.25) is 9.69 Å². The highest BCUT2D eigenvalue weighted by atomic mass is 16.5. The summed E-state index contributed by atoms with van der Waals surface area (Å²) in [5.41, 5.74) is 0. The Balaban J connectivity index is 2.51. The van der Waals surface area contributed by atoms with Crippen LogP contribution in [0.2, 0.25) is 0 Å². The first-order valence-electron chi connectivity index (χ1n) is 7.36. The van der Waals surface area contributed by atoms with Gasteiger partial charge in [0.15, 0.2) is 0 Å². The number of rotatable bonds is 8. The Bertz CT molecular complexity index is 246. The van der Waals surface area contributed by atoms with E-state index in [2.05, 4.69) is 24.1 Å². The first-order chi connectivity index (χ1) is 8.72. The minimum absolute atomic E-state index is 0.104. The molecule has 0 aliphatic carbocycles. The first kappa shape index (κ1) is 15.4. The van der Waals surface area contributed by atoms with Crippen molar-refractivity contribution >= 4 is 5.97 Å². The maximum Gasteiger partial charge on any atom is 0.324 e. The predicted octanol–water partition coefficient (Wildman–Crippen LogP) is 1.79. The Labute approximate surface area is 111 Å². The van der Waals surface area contributed by atoms with Crippen LogP contribution in [0.3, 0.4) is 0 Å². The van der Waals surface area contributed by atoms with Crippen molar-refractivity contribution in [3.05, 3.63) is 0 Å². The molecule has 1 aliphatic heterocycles. The second kappa shape index (κ2) is 8.48. The van der Waals surface area contributed by atoms with Gasteiger partial charge in [-0.1, -0.05) is 13.8 Å². The van der Waals surface area contributed by atoms with Gasteiger partial charge in [-0.05, 0) is 45.7 Å². The summed E-state index contributed by atoms with van der Waals surface area (Å²) < 4.78 is 5.15. The highest BCUT2D eigenvalue weighted by Crippen LogP contribution is 2.19. The number of carbonyl (C=O) groups excluding carboxylic acids is 1. The van der Waals surface area contributed by atoms with E-state index in [9.17, 15) is 4.79 Å². The van der Waals surface area contributed by atoms with Crippen LogP contribution in [0.15, 0.2) is 0 Å². The minimum atomic E-state index is -0.169. The molecule has 1 aliphatic rings. The van der Waals surface area contributed by atoms with Crippen LogP contribution >= 0.6 is 0 Å². The van der Waals surface area contributed by atoms with E-state index in [0.717, 1.165) is 26.1 Å². The predicted molar refractivity (Wildman–Crippen MR) is 73.6 cm³/mol. The molecule has 2 atom stereocenters. The fraction of sp³-hybridized carbons (Fsp3) is 0.929. The molecule has 0 aromatic rings. The largest absolute Gasteiger partial charge is 0.465 e. The number of ether oxygens (including phenoxy) is 1. The number of hydrogen-bond acceptors (Lipinski definition) is 4. The number of carbonyl (C=O) groups is 1. The Morgan fingerprint density at radius 1 is 1.44 bits per heavy atom. The Hall–Kier alpha value is -0.610. The summed E-state index contributed by atoms with van der Waals surface area (Å²) in [5.74, 6) is -0.104. The quantitative estimate of drug-likeness (QED) is 0.672. The van der Waals surface area contributed by atoms with Crippen molar-refractivity contribution in [1.29, 1.82) is 0 Å². The topological polar surface area (TPSA) is 41.6 Å². The zero-order chi connectivity index (χ0) is 13.4. The number of likely N-dealkylation sites (tertiary alicyclic amines) is 1. The molecule has 1 saturated heterocycles. The Morgan fingerprint density at radius 3 is 2.83 bits per heavy atom. The van der Waals surface area contributed by atoms with Crippen molar-refractivity contribution in [2.45, 2.75) is 58.5 Å². The van der Waals surface area contributed by atoms with Gasteiger partial charge in [-0.25, -0.2) is 0 Å². The molecule has 2 unspecified atom stereocenters. The monoisotopic (exact) mass is 256 g/mol. The van der Waals surface area contributed by atoms with Gasteiger partial charge >= 0.3 is 5.97 Å². The van der Waals surface area contributed by atoms with Crippen LogP contribution in [-0.4, -0.2) is 49.2 Å². The molecule has 0 amide bonds. The van der Waals surface area contributed by atoms with E-state index in [1.165, 1.54) is 19.3 Å². The molecule has 4 heteroatoms. The van der Waals surface area contributed by atoms with E-state index >= 15 is 0 Å². The maximum atomic E-state index is 11.9. The van der Waals surface area contributed by atoms with E-state index in [-0.39, 0.29) is 12.0 Å². The molecule has 0 saturated carbocycles. The van der Waals surface area contributed by atoms with Gasteiger partial charge in [-0.15, -0.1) is 0 Å². The van der Waals surface area contributed by atoms with E-state index in [1.54, 1.807) is 0 Å². The van der Waals surface area contributed by atoms with Crippen LogP contribution in [0.5, 0.6) is 0 Å². The summed E-state index contributed by atoms with van der Waals surface area (Å²) in [6.45, 7) is 9.43. The third-order valence-corrected chi connectivity index (χ3v) is 3.60. The molecule has 4 nitrogen and oxygen atoms in total. The molecular formula is C14H28N2O2. The lowest BCUT2D eigenvalue weighted by atomic mass is 10.1. The van der Waals surface area contributed by atoms with Gasteiger partial charge < -0.3 is 10.1 Å². The molecular weight excluding hydrogens is 228 g/mol. The summed E-state index contributed by atoms with van der Waals surface area (Å²) in [6.07, 6.45) is 4.72. The SMILES string of the molecule is CCCNC(CN1CCCC1CC)C(=O)OCC. The third kappa shape index (κ3) is 4.58. The van der Waals surface area contributed by atoms with Crippen molar-refractivity contribution in [2.75, 3.05) is 26.2 Å². The summed E-state index contributed by atoms with van der Waals surface area (Å²) >= 11 is 0. The van der Waals surface area contributed by atoms with E-state index in [0.29, 0.717) is 12.6 Å². The lowest BCUT2D eigenvalue weighted by Gasteiger charge is -2.27. The van der Waals surface area contributed by atoms with Gasteiger partial charge in [0, 0.05) is 12.6 Å². The van der Waals surface area contributed by atoms with E-state index < -0.39 is 0 Å². The molecule has 1 rings (SSSR count). The summed E-state index contributed by atoms with van der Waals surface area (Å²) in [6, 6.07) is 0.474.